The Hall–Kier alpha value is -8.02. The molecular formula is C69H72IN5O5. The maximum Gasteiger partial charge on any atom is 0.120 e. The molecule has 11 heteroatoms. The molecular weight excluding hydrogens is 1110 g/mol. The molecule has 0 radical (unpaired) electrons. The minimum atomic E-state index is 0.221. The quantitative estimate of drug-likeness (QED) is 0.0541. The molecule has 1 aliphatic rings. The summed E-state index contributed by atoms with van der Waals surface area (Å²) in [7, 11) is 0. The Morgan fingerprint density at radius 2 is 0.512 bits per heavy atom. The first-order valence-corrected chi connectivity index (χ1v) is 29.0. The Balaban J connectivity index is 1.73. The zero-order chi connectivity index (χ0) is 57.7. The Bertz CT molecular complexity index is 2870. The van der Waals surface area contributed by atoms with Gasteiger partial charge >= 0.3 is 0 Å². The van der Waals surface area contributed by atoms with Crippen LogP contribution in [0.25, 0.3) is 58.2 Å². The predicted molar refractivity (Wildman–Crippen MR) is 333 cm³/mol. The Morgan fingerprint density at radius 1 is 0.312 bits per heavy atom. The lowest BCUT2D eigenvalue weighted by Crippen LogP contribution is -2.09. The van der Waals surface area contributed by atoms with Crippen molar-refractivity contribution in [2.75, 3.05) is 33.0 Å². The van der Waals surface area contributed by atoms with Crippen molar-refractivity contribution < 1.29 is 23.7 Å². The van der Waals surface area contributed by atoms with Gasteiger partial charge in [-0.2, -0.15) is 26.3 Å². The van der Waals surface area contributed by atoms with Gasteiger partial charge in [0.15, 0.2) is 0 Å². The minimum Gasteiger partial charge on any atom is -0.493 e. The summed E-state index contributed by atoms with van der Waals surface area (Å²) in [6.45, 7) is 21.1. The molecule has 0 saturated carbocycles. The maximum absolute atomic E-state index is 11.0. The molecule has 0 unspecified atom stereocenters. The summed E-state index contributed by atoms with van der Waals surface area (Å²) < 4.78 is 32.3. The van der Waals surface area contributed by atoms with Gasteiger partial charge in [-0.3, -0.25) is 0 Å². The third kappa shape index (κ3) is 17.7. The summed E-state index contributed by atoms with van der Waals surface area (Å²) in [5.74, 6) is 3.62. The fourth-order valence-corrected chi connectivity index (χ4v) is 8.37. The molecule has 410 valence electrons. The lowest BCUT2D eigenvalue weighted by atomic mass is 9.96. The molecule has 0 N–H and O–H groups in total. The smallest absolute Gasteiger partial charge is 0.120 e. The lowest BCUT2D eigenvalue weighted by Gasteiger charge is -2.15. The van der Waals surface area contributed by atoms with E-state index in [0.29, 0.717) is 145 Å². The second kappa shape index (κ2) is 30.4. The van der Waals surface area contributed by atoms with Gasteiger partial charge in [0.05, 0.1) is 91.2 Å². The third-order valence-corrected chi connectivity index (χ3v) is 15.4. The van der Waals surface area contributed by atoms with E-state index in [0.717, 1.165) is 32.1 Å². The second-order valence-corrected chi connectivity index (χ2v) is 22.7. The minimum absolute atomic E-state index is 0.221. The van der Waals surface area contributed by atoms with E-state index in [1.54, 1.807) is 30.4 Å². The van der Waals surface area contributed by atoms with E-state index in [1.807, 2.05) is 91.0 Å². The Labute approximate surface area is 488 Å². The van der Waals surface area contributed by atoms with Crippen LogP contribution >= 0.6 is 22.6 Å². The highest BCUT2D eigenvalue weighted by Crippen LogP contribution is 2.35. The number of halogens is 1. The van der Waals surface area contributed by atoms with Gasteiger partial charge in [-0.1, -0.05) is 111 Å². The summed E-state index contributed by atoms with van der Waals surface area (Å²) in [6.07, 6.45) is 13.3. The highest BCUT2D eigenvalue weighted by molar-refractivity contribution is 14.1. The number of nitriles is 5. The number of benzene rings is 5. The van der Waals surface area contributed by atoms with E-state index in [2.05, 4.69) is 115 Å². The molecule has 0 fully saturated rings. The summed E-state index contributed by atoms with van der Waals surface area (Å²) >= 11 is 2.37. The topological polar surface area (TPSA) is 165 Å². The van der Waals surface area contributed by atoms with E-state index < -0.39 is 0 Å². The molecule has 5 aromatic rings. The number of nitrogens with zero attached hydrogens (tertiary/aromatic N) is 5. The van der Waals surface area contributed by atoms with Gasteiger partial charge in [0.1, 0.15) is 28.7 Å². The van der Waals surface area contributed by atoms with E-state index in [9.17, 15) is 26.3 Å². The van der Waals surface area contributed by atoms with Crippen LogP contribution in [-0.2, 0) is 0 Å². The van der Waals surface area contributed by atoms with Crippen molar-refractivity contribution in [1.29, 1.82) is 26.3 Å². The van der Waals surface area contributed by atoms with Crippen molar-refractivity contribution in [3.63, 3.8) is 0 Å². The Kier molecular flexibility index (Phi) is 23.2. The van der Waals surface area contributed by atoms with Crippen LogP contribution in [0.5, 0.6) is 28.7 Å². The number of rotatable bonds is 20. The van der Waals surface area contributed by atoms with Crippen molar-refractivity contribution in [3.8, 4) is 59.1 Å². The standard InChI is InChI=1S/C69H72IN5O5/c1-10-45(6)40-76-65-25-49-15-55(31-65)60(36-72)22-51-17-57(33-67(27-51)78-42-47(8)12-3)62(38-74)24-53-19-58(34-69(29-53)80-44-64(70)14-5)63(39-75)23-52-18-56(32-68(28-52)79-43-48(9)13-4)61(37-73)21-50-16-54(59(20-49)35-71)30-66(26-50)77-41-46(7)11-2/h15-34,45-48,64H,10-14,40-44H2,1-9H3/b59-20+,60-22+,61-21+,62-24+,63-23+/t45-,46-,47-,48-,64-/m0/s1. The highest BCUT2D eigenvalue weighted by Gasteiger charge is 2.17. The number of alkyl halides is 1. The van der Waals surface area contributed by atoms with Crippen LogP contribution < -0.4 is 23.7 Å². The molecule has 0 spiro atoms. The first kappa shape index (κ1) is 61.2. The second-order valence-electron chi connectivity index (χ2n) is 20.9. The summed E-state index contributed by atoms with van der Waals surface area (Å²) in [5.41, 5.74) is 7.40. The first-order valence-electron chi connectivity index (χ1n) is 27.8. The number of hydrogen-bond acceptors (Lipinski definition) is 10. The van der Waals surface area contributed by atoms with Crippen LogP contribution in [0.3, 0.4) is 0 Å². The highest BCUT2D eigenvalue weighted by atomic mass is 127. The molecule has 5 aromatic carbocycles. The summed E-state index contributed by atoms with van der Waals surface area (Å²) in [5, 5.41) is 55.0. The molecule has 0 aliphatic heterocycles. The van der Waals surface area contributed by atoms with Crippen LogP contribution in [0, 0.1) is 80.3 Å². The van der Waals surface area contributed by atoms with Crippen LogP contribution in [0.2, 0.25) is 0 Å². The van der Waals surface area contributed by atoms with Gasteiger partial charge in [0.2, 0.25) is 0 Å². The molecule has 0 amide bonds. The summed E-state index contributed by atoms with van der Waals surface area (Å²) in [4.78, 5) is 0. The lowest BCUT2D eigenvalue weighted by molar-refractivity contribution is 0.256. The molecule has 0 saturated heterocycles. The van der Waals surface area contributed by atoms with Gasteiger partial charge in [-0.05, 0) is 207 Å². The van der Waals surface area contributed by atoms with Crippen molar-refractivity contribution in [1.82, 2.24) is 0 Å². The van der Waals surface area contributed by atoms with Crippen LogP contribution in [0.4, 0.5) is 0 Å². The number of fused-ring (bicyclic) bond motifs is 10. The van der Waals surface area contributed by atoms with E-state index >= 15 is 0 Å². The normalized spacial score (nSPS) is 17.4. The van der Waals surface area contributed by atoms with Gasteiger partial charge in [-0.25, -0.2) is 0 Å². The average Bonchev–Trinajstić information content (AvgIpc) is 3.48. The maximum atomic E-state index is 11.0. The van der Waals surface area contributed by atoms with E-state index in [4.69, 9.17) is 23.7 Å². The number of hydrogen-bond donors (Lipinski definition) is 0. The largest absolute Gasteiger partial charge is 0.493 e. The van der Waals surface area contributed by atoms with Crippen molar-refractivity contribution in [2.45, 2.75) is 98.3 Å². The molecule has 0 heterocycles. The molecule has 6 rings (SSSR count). The van der Waals surface area contributed by atoms with Gasteiger partial charge in [0, 0.05) is 3.92 Å². The number of allylic oxidation sites excluding steroid dienone is 5. The van der Waals surface area contributed by atoms with Crippen molar-refractivity contribution >= 4 is 80.8 Å². The fraction of sp³-hybridized carbons (Fsp3) is 0.348. The van der Waals surface area contributed by atoms with Gasteiger partial charge in [0.25, 0.3) is 0 Å². The Morgan fingerprint density at radius 3 is 0.688 bits per heavy atom. The van der Waals surface area contributed by atoms with Crippen LogP contribution in [-0.4, -0.2) is 37.0 Å². The average molecular weight is 1180 g/mol. The SMILES string of the molecule is CC[C@H](C)COc1cc2cc(c1)/C(C#N)=C/c1cc(OC[C@@H](C)CC)cc(c1)/C(C#N)=C/c1cc(OC[C@@H](I)CC)cc(c1)/C(C#N)=C/c1cc(OC[C@@H](C)CC)cc(c1)/C(C#N)=C/c1cc(OC[C@@H](C)CC)cc(c1)/C(C#N)=C/2. The van der Waals surface area contributed by atoms with Gasteiger partial charge < -0.3 is 23.7 Å². The molecule has 1 aliphatic carbocycles. The first-order chi connectivity index (χ1) is 38.6. The van der Waals surface area contributed by atoms with Crippen LogP contribution in [0.15, 0.2) is 91.0 Å². The van der Waals surface area contributed by atoms with E-state index in [1.165, 1.54) is 0 Å². The molecule has 5 atom stereocenters. The predicted octanol–water partition coefficient (Wildman–Crippen LogP) is 17.6. The molecule has 10 bridgehead atoms. The zero-order valence-corrected chi connectivity index (χ0v) is 49.8. The number of ether oxygens (including phenoxy) is 5. The van der Waals surface area contributed by atoms with Gasteiger partial charge in [-0.15, -0.1) is 0 Å². The fourth-order valence-electron chi connectivity index (χ4n) is 8.19. The summed E-state index contributed by atoms with van der Waals surface area (Å²) in [6, 6.07) is 39.9. The monoisotopic (exact) mass is 1180 g/mol. The van der Waals surface area contributed by atoms with Crippen molar-refractivity contribution in [2.24, 2.45) is 23.7 Å². The zero-order valence-electron chi connectivity index (χ0n) is 47.7. The van der Waals surface area contributed by atoms with Crippen LogP contribution in [0.1, 0.15) is 150 Å². The van der Waals surface area contributed by atoms with E-state index in [-0.39, 0.29) is 27.6 Å². The van der Waals surface area contributed by atoms with Crippen molar-refractivity contribution in [3.05, 3.63) is 147 Å². The molecule has 10 nitrogen and oxygen atoms in total. The molecule has 0 aromatic heterocycles. The molecule has 80 heavy (non-hydrogen) atoms. The third-order valence-electron chi connectivity index (χ3n) is 14.2.